The molecule has 104 valence electrons. The lowest BCUT2D eigenvalue weighted by Gasteiger charge is -2.06. The average Bonchev–Trinajstić information content (AvgIpc) is 2.45. The van der Waals surface area contributed by atoms with E-state index in [9.17, 15) is 4.79 Å². The normalized spacial score (nSPS) is 10.5. The van der Waals surface area contributed by atoms with Crippen LogP contribution in [0.2, 0.25) is 0 Å². The van der Waals surface area contributed by atoms with Crippen LogP contribution in [0.15, 0.2) is 48.5 Å². The molecule has 1 nitrogen and oxygen atoms in total. The first-order valence-corrected chi connectivity index (χ1v) is 7.27. The summed E-state index contributed by atoms with van der Waals surface area (Å²) < 4.78 is 0. The number of carbonyl (C=O) groups excluding carboxylic acids is 1. The van der Waals surface area contributed by atoms with Crippen LogP contribution in [-0.2, 0) is 17.6 Å². The second-order valence-corrected chi connectivity index (χ2v) is 5.39. The Bertz CT molecular complexity index is 532. The molecule has 0 saturated heterocycles. The van der Waals surface area contributed by atoms with Crippen LogP contribution >= 0.6 is 0 Å². The predicted molar refractivity (Wildman–Crippen MR) is 84.0 cm³/mol. The highest BCUT2D eigenvalue weighted by atomic mass is 16.1. The fourth-order valence-electron chi connectivity index (χ4n) is 2.45. The minimum Gasteiger partial charge on any atom is -0.300 e. The number of Topliss-reactive ketones (excluding diaryl/α,β-unsaturated/α-hetero) is 1. The van der Waals surface area contributed by atoms with E-state index in [0.29, 0.717) is 18.6 Å². The second kappa shape index (κ2) is 7.04. The van der Waals surface area contributed by atoms with Gasteiger partial charge >= 0.3 is 0 Å². The van der Waals surface area contributed by atoms with Crippen molar-refractivity contribution in [2.45, 2.75) is 39.5 Å². The fourth-order valence-corrected chi connectivity index (χ4v) is 2.45. The molecule has 20 heavy (non-hydrogen) atoms. The van der Waals surface area contributed by atoms with Crippen LogP contribution in [0.1, 0.15) is 35.1 Å². The van der Waals surface area contributed by atoms with Gasteiger partial charge in [-0.3, -0.25) is 4.79 Å². The maximum atomic E-state index is 12.0. The highest BCUT2D eigenvalue weighted by Crippen LogP contribution is 2.13. The fraction of sp³-hybridized carbons (Fsp3) is 0.316. The molecular weight excluding hydrogens is 244 g/mol. The van der Waals surface area contributed by atoms with E-state index in [-0.39, 0.29) is 0 Å². The van der Waals surface area contributed by atoms with Crippen LogP contribution in [0.5, 0.6) is 0 Å². The summed E-state index contributed by atoms with van der Waals surface area (Å²) in [6.45, 7) is 4.21. The lowest BCUT2D eigenvalue weighted by molar-refractivity contribution is -0.119. The second-order valence-electron chi connectivity index (χ2n) is 5.39. The summed E-state index contributed by atoms with van der Waals surface area (Å²) in [5, 5.41) is 0. The van der Waals surface area contributed by atoms with Crippen molar-refractivity contribution in [3.05, 3.63) is 70.8 Å². The summed E-state index contributed by atoms with van der Waals surface area (Å²) in [5.41, 5.74) is 5.13. The number of aryl methyl sites for hydroxylation is 4. The monoisotopic (exact) mass is 266 g/mol. The molecule has 0 amide bonds. The minimum absolute atomic E-state index is 0.358. The van der Waals surface area contributed by atoms with E-state index in [0.717, 1.165) is 12.8 Å². The molecule has 0 N–H and O–H groups in total. The van der Waals surface area contributed by atoms with Gasteiger partial charge in [0.15, 0.2) is 0 Å². The Kier molecular flexibility index (Phi) is 5.11. The van der Waals surface area contributed by atoms with Crippen LogP contribution in [0, 0.1) is 13.8 Å². The van der Waals surface area contributed by atoms with Crippen LogP contribution in [0.3, 0.4) is 0 Å². The van der Waals surface area contributed by atoms with Gasteiger partial charge in [0.1, 0.15) is 5.78 Å². The molecule has 0 aliphatic rings. The van der Waals surface area contributed by atoms with Gasteiger partial charge in [0.25, 0.3) is 0 Å². The first-order valence-electron chi connectivity index (χ1n) is 7.27. The van der Waals surface area contributed by atoms with E-state index in [4.69, 9.17) is 0 Å². The van der Waals surface area contributed by atoms with Gasteiger partial charge in [0.2, 0.25) is 0 Å². The van der Waals surface area contributed by atoms with Gasteiger partial charge in [-0.25, -0.2) is 0 Å². The summed E-state index contributed by atoms with van der Waals surface area (Å²) >= 11 is 0. The Labute approximate surface area is 121 Å². The van der Waals surface area contributed by atoms with E-state index in [2.05, 4.69) is 38.1 Å². The zero-order chi connectivity index (χ0) is 14.4. The largest absolute Gasteiger partial charge is 0.300 e. The molecule has 0 saturated carbocycles. The number of rotatable bonds is 6. The van der Waals surface area contributed by atoms with Crippen molar-refractivity contribution in [3.8, 4) is 0 Å². The van der Waals surface area contributed by atoms with Gasteiger partial charge in [-0.1, -0.05) is 48.5 Å². The Morgan fingerprint density at radius 1 is 0.750 bits per heavy atom. The molecule has 0 radical (unpaired) electrons. The summed E-state index contributed by atoms with van der Waals surface area (Å²) in [6, 6.07) is 16.6. The van der Waals surface area contributed by atoms with Gasteiger partial charge in [0, 0.05) is 12.8 Å². The lowest BCUT2D eigenvalue weighted by Crippen LogP contribution is -2.03. The first-order chi connectivity index (χ1) is 9.66. The minimum atomic E-state index is 0.358. The third kappa shape index (κ3) is 4.06. The van der Waals surface area contributed by atoms with Crippen molar-refractivity contribution in [2.75, 3.05) is 0 Å². The number of hydrogen-bond donors (Lipinski definition) is 0. The smallest absolute Gasteiger partial charge is 0.133 e. The van der Waals surface area contributed by atoms with E-state index >= 15 is 0 Å². The van der Waals surface area contributed by atoms with Crippen molar-refractivity contribution in [2.24, 2.45) is 0 Å². The van der Waals surface area contributed by atoms with Crippen molar-refractivity contribution in [1.82, 2.24) is 0 Å². The van der Waals surface area contributed by atoms with Gasteiger partial charge in [0.05, 0.1) is 0 Å². The summed E-state index contributed by atoms with van der Waals surface area (Å²) in [6.07, 6.45) is 3.02. The van der Waals surface area contributed by atoms with Crippen LogP contribution in [-0.4, -0.2) is 5.78 Å². The number of benzene rings is 2. The number of ketones is 1. The molecule has 0 heterocycles. The molecule has 0 atom stereocenters. The van der Waals surface area contributed by atoms with Gasteiger partial charge in [-0.2, -0.15) is 0 Å². The predicted octanol–water partition coefficient (Wildman–Crippen LogP) is 4.44. The quantitative estimate of drug-likeness (QED) is 0.755. The lowest BCUT2D eigenvalue weighted by atomic mass is 9.98. The van der Waals surface area contributed by atoms with E-state index < -0.39 is 0 Å². The zero-order valence-corrected chi connectivity index (χ0v) is 12.4. The highest BCUT2D eigenvalue weighted by Gasteiger charge is 2.06. The highest BCUT2D eigenvalue weighted by molar-refractivity contribution is 5.79. The van der Waals surface area contributed by atoms with Crippen molar-refractivity contribution in [1.29, 1.82) is 0 Å². The molecule has 0 unspecified atom stereocenters. The molecule has 0 aliphatic carbocycles. The standard InChI is InChI=1S/C19H22O/c1-15-7-3-5-9-17(15)11-13-19(20)14-12-18-10-6-4-8-16(18)2/h3-10H,11-14H2,1-2H3. The van der Waals surface area contributed by atoms with Crippen molar-refractivity contribution >= 4 is 5.78 Å². The van der Waals surface area contributed by atoms with Crippen LogP contribution in [0.25, 0.3) is 0 Å². The zero-order valence-electron chi connectivity index (χ0n) is 12.4. The third-order valence-corrected chi connectivity index (χ3v) is 3.87. The Balaban J connectivity index is 1.82. The molecular formula is C19H22O. The molecule has 2 aromatic rings. The maximum absolute atomic E-state index is 12.0. The molecule has 2 rings (SSSR count). The van der Waals surface area contributed by atoms with Crippen molar-refractivity contribution in [3.63, 3.8) is 0 Å². The average molecular weight is 266 g/mol. The molecule has 0 aliphatic heterocycles. The number of carbonyl (C=O) groups is 1. The summed E-state index contributed by atoms with van der Waals surface area (Å²) in [7, 11) is 0. The van der Waals surface area contributed by atoms with Gasteiger partial charge in [-0.15, -0.1) is 0 Å². The summed E-state index contributed by atoms with van der Waals surface area (Å²) in [5.74, 6) is 0.358. The maximum Gasteiger partial charge on any atom is 0.133 e. The molecule has 0 fully saturated rings. The molecule has 1 heteroatoms. The van der Waals surface area contributed by atoms with Crippen LogP contribution < -0.4 is 0 Å². The van der Waals surface area contributed by atoms with Crippen molar-refractivity contribution < 1.29 is 4.79 Å². The summed E-state index contributed by atoms with van der Waals surface area (Å²) in [4.78, 5) is 12.0. The Morgan fingerprint density at radius 3 is 1.55 bits per heavy atom. The third-order valence-electron chi connectivity index (χ3n) is 3.87. The van der Waals surface area contributed by atoms with Crippen LogP contribution in [0.4, 0.5) is 0 Å². The van der Waals surface area contributed by atoms with Gasteiger partial charge in [-0.05, 0) is 48.9 Å². The Morgan fingerprint density at radius 2 is 1.15 bits per heavy atom. The topological polar surface area (TPSA) is 17.1 Å². The molecule has 0 bridgehead atoms. The number of hydrogen-bond acceptors (Lipinski definition) is 1. The molecule has 0 spiro atoms. The Hall–Kier alpha value is -1.89. The molecule has 0 aromatic heterocycles. The van der Waals surface area contributed by atoms with E-state index in [1.807, 2.05) is 24.3 Å². The molecule has 2 aromatic carbocycles. The van der Waals surface area contributed by atoms with E-state index in [1.165, 1.54) is 22.3 Å². The SMILES string of the molecule is Cc1ccccc1CCC(=O)CCc1ccccc1C. The first kappa shape index (κ1) is 14.5. The van der Waals surface area contributed by atoms with Gasteiger partial charge < -0.3 is 0 Å². The van der Waals surface area contributed by atoms with E-state index in [1.54, 1.807) is 0 Å².